The van der Waals surface area contributed by atoms with E-state index in [1.54, 1.807) is 0 Å². The van der Waals surface area contributed by atoms with E-state index in [0.29, 0.717) is 24.4 Å². The van der Waals surface area contributed by atoms with Crippen molar-refractivity contribution in [1.29, 1.82) is 0 Å². The molecule has 18 heavy (non-hydrogen) atoms. The summed E-state index contributed by atoms with van der Waals surface area (Å²) in [7, 11) is 0. The number of carbonyl (C=O) groups is 1. The van der Waals surface area contributed by atoms with Gasteiger partial charge in [-0.05, 0) is 32.7 Å². The lowest BCUT2D eigenvalue weighted by Crippen LogP contribution is -2.39. The highest BCUT2D eigenvalue weighted by molar-refractivity contribution is 5.76. The molecule has 0 aromatic carbocycles. The molecule has 1 unspecified atom stereocenters. The van der Waals surface area contributed by atoms with E-state index in [-0.39, 0.29) is 0 Å². The molecule has 1 amide bonds. The average Bonchev–Trinajstić information content (AvgIpc) is 2.34. The van der Waals surface area contributed by atoms with Crippen molar-refractivity contribution in [2.24, 2.45) is 0 Å². The summed E-state index contributed by atoms with van der Waals surface area (Å²) in [5.74, 6) is 0.323. The summed E-state index contributed by atoms with van der Waals surface area (Å²) in [5.41, 5.74) is 0. The first-order valence-corrected chi connectivity index (χ1v) is 7.55. The maximum atomic E-state index is 12.2. The second-order valence-corrected chi connectivity index (χ2v) is 5.41. The van der Waals surface area contributed by atoms with E-state index in [1.165, 1.54) is 0 Å². The first-order chi connectivity index (χ1) is 8.52. The second-order valence-electron chi connectivity index (χ2n) is 5.41. The Morgan fingerprint density at radius 3 is 2.33 bits per heavy atom. The van der Waals surface area contributed by atoms with Gasteiger partial charge in [-0.1, -0.05) is 34.1 Å². The third-order valence-electron chi connectivity index (χ3n) is 3.32. The Hall–Kier alpha value is -0.570. The lowest BCUT2D eigenvalue weighted by molar-refractivity contribution is -0.133. The van der Waals surface area contributed by atoms with Gasteiger partial charge in [-0.25, -0.2) is 0 Å². The number of amides is 1. The zero-order valence-corrected chi connectivity index (χ0v) is 13.0. The predicted octanol–water partition coefficient (Wildman–Crippen LogP) is 3.19. The van der Waals surface area contributed by atoms with Crippen molar-refractivity contribution in [2.75, 3.05) is 13.1 Å². The molecule has 1 N–H and O–H groups in total. The minimum absolute atomic E-state index is 0.323. The fraction of sp³-hybridized carbons (Fsp3) is 0.933. The van der Waals surface area contributed by atoms with Crippen LogP contribution in [0.3, 0.4) is 0 Å². The molecule has 3 nitrogen and oxygen atoms in total. The molecule has 0 radical (unpaired) electrons. The molecule has 0 bridgehead atoms. The summed E-state index contributed by atoms with van der Waals surface area (Å²) in [5, 5.41) is 3.36. The van der Waals surface area contributed by atoms with Crippen LogP contribution in [0, 0.1) is 0 Å². The van der Waals surface area contributed by atoms with Gasteiger partial charge in [0, 0.05) is 25.0 Å². The lowest BCUT2D eigenvalue weighted by atomic mass is 10.1. The Labute approximate surface area is 113 Å². The average molecular weight is 256 g/mol. The normalized spacial score (nSPS) is 12.8. The van der Waals surface area contributed by atoms with Crippen LogP contribution in [0.15, 0.2) is 0 Å². The van der Waals surface area contributed by atoms with Gasteiger partial charge in [0.1, 0.15) is 0 Å². The standard InChI is InChI=1S/C15H32N2O/c1-6-8-12-17(14(5)7-2)15(18)10-9-11-16-13(3)4/h13-14,16H,6-12H2,1-5H3. The maximum Gasteiger partial charge on any atom is 0.222 e. The van der Waals surface area contributed by atoms with Crippen molar-refractivity contribution in [1.82, 2.24) is 10.2 Å². The maximum absolute atomic E-state index is 12.2. The monoisotopic (exact) mass is 256 g/mol. The van der Waals surface area contributed by atoms with Crippen LogP contribution in [0.5, 0.6) is 0 Å². The van der Waals surface area contributed by atoms with Crippen LogP contribution in [0.1, 0.15) is 66.7 Å². The highest BCUT2D eigenvalue weighted by Crippen LogP contribution is 2.09. The van der Waals surface area contributed by atoms with Crippen molar-refractivity contribution < 1.29 is 4.79 Å². The molecule has 0 aliphatic heterocycles. The number of unbranched alkanes of at least 4 members (excludes halogenated alkanes) is 1. The van der Waals surface area contributed by atoms with E-state index in [4.69, 9.17) is 0 Å². The Morgan fingerprint density at radius 2 is 1.83 bits per heavy atom. The molecular weight excluding hydrogens is 224 g/mol. The molecule has 0 aliphatic rings. The fourth-order valence-electron chi connectivity index (χ4n) is 1.91. The minimum atomic E-state index is 0.323. The van der Waals surface area contributed by atoms with Gasteiger partial charge in [-0.2, -0.15) is 0 Å². The smallest absolute Gasteiger partial charge is 0.222 e. The molecule has 0 rings (SSSR count). The summed E-state index contributed by atoms with van der Waals surface area (Å²) >= 11 is 0. The van der Waals surface area contributed by atoms with Gasteiger partial charge in [0.15, 0.2) is 0 Å². The Kier molecular flexibility index (Phi) is 10.0. The second kappa shape index (κ2) is 10.4. The number of nitrogens with one attached hydrogen (secondary N) is 1. The third-order valence-corrected chi connectivity index (χ3v) is 3.32. The van der Waals surface area contributed by atoms with E-state index in [2.05, 4.69) is 44.8 Å². The highest BCUT2D eigenvalue weighted by atomic mass is 16.2. The van der Waals surface area contributed by atoms with Crippen molar-refractivity contribution >= 4 is 5.91 Å². The first-order valence-electron chi connectivity index (χ1n) is 7.55. The van der Waals surface area contributed by atoms with Crippen molar-refractivity contribution in [2.45, 2.75) is 78.8 Å². The minimum Gasteiger partial charge on any atom is -0.340 e. The molecule has 0 aromatic rings. The van der Waals surface area contributed by atoms with E-state index in [1.807, 2.05) is 0 Å². The summed E-state index contributed by atoms with van der Waals surface area (Å²) in [4.78, 5) is 14.3. The van der Waals surface area contributed by atoms with Crippen LogP contribution in [-0.2, 0) is 4.79 Å². The van der Waals surface area contributed by atoms with Gasteiger partial charge >= 0.3 is 0 Å². The van der Waals surface area contributed by atoms with Crippen molar-refractivity contribution in [3.8, 4) is 0 Å². The van der Waals surface area contributed by atoms with Gasteiger partial charge in [0.05, 0.1) is 0 Å². The Bertz CT molecular complexity index is 217. The SMILES string of the molecule is CCCCN(C(=O)CCCNC(C)C)C(C)CC. The lowest BCUT2D eigenvalue weighted by Gasteiger charge is -2.28. The van der Waals surface area contributed by atoms with Gasteiger partial charge in [-0.3, -0.25) is 4.79 Å². The molecule has 0 saturated carbocycles. The molecule has 0 saturated heterocycles. The number of nitrogens with zero attached hydrogens (tertiary/aromatic N) is 1. The number of hydrogen-bond acceptors (Lipinski definition) is 2. The first kappa shape index (κ1) is 17.4. The van der Waals surface area contributed by atoms with Crippen molar-refractivity contribution in [3.05, 3.63) is 0 Å². The molecule has 0 heterocycles. The fourth-order valence-corrected chi connectivity index (χ4v) is 1.91. The summed E-state index contributed by atoms with van der Waals surface area (Å²) in [6.45, 7) is 12.6. The van der Waals surface area contributed by atoms with Crippen LogP contribution in [0.4, 0.5) is 0 Å². The molecule has 0 fully saturated rings. The molecule has 108 valence electrons. The Morgan fingerprint density at radius 1 is 1.17 bits per heavy atom. The van der Waals surface area contributed by atoms with E-state index < -0.39 is 0 Å². The predicted molar refractivity (Wildman–Crippen MR) is 78.7 cm³/mol. The summed E-state index contributed by atoms with van der Waals surface area (Å²) in [6.07, 6.45) is 4.92. The number of rotatable bonds is 10. The molecule has 1 atom stereocenters. The van der Waals surface area contributed by atoms with Crippen LogP contribution < -0.4 is 5.32 Å². The van der Waals surface area contributed by atoms with Gasteiger partial charge < -0.3 is 10.2 Å². The van der Waals surface area contributed by atoms with E-state index in [9.17, 15) is 4.79 Å². The van der Waals surface area contributed by atoms with E-state index >= 15 is 0 Å². The number of hydrogen-bond donors (Lipinski definition) is 1. The summed E-state index contributed by atoms with van der Waals surface area (Å²) < 4.78 is 0. The highest BCUT2D eigenvalue weighted by Gasteiger charge is 2.17. The van der Waals surface area contributed by atoms with Crippen LogP contribution in [0.2, 0.25) is 0 Å². The molecule has 0 spiro atoms. The zero-order chi connectivity index (χ0) is 14.0. The molecule has 0 aliphatic carbocycles. The quantitative estimate of drug-likeness (QED) is 0.609. The molecule has 3 heteroatoms. The van der Waals surface area contributed by atoms with Crippen LogP contribution >= 0.6 is 0 Å². The van der Waals surface area contributed by atoms with Crippen LogP contribution in [0.25, 0.3) is 0 Å². The molecular formula is C15H32N2O. The number of carbonyl (C=O) groups excluding carboxylic acids is 1. The molecule has 0 aromatic heterocycles. The Balaban J connectivity index is 4.04. The van der Waals surface area contributed by atoms with Crippen molar-refractivity contribution in [3.63, 3.8) is 0 Å². The van der Waals surface area contributed by atoms with E-state index in [0.717, 1.165) is 38.8 Å². The summed E-state index contributed by atoms with van der Waals surface area (Å²) in [6, 6.07) is 0.882. The zero-order valence-electron chi connectivity index (χ0n) is 13.0. The van der Waals surface area contributed by atoms with Gasteiger partial charge in [-0.15, -0.1) is 0 Å². The van der Waals surface area contributed by atoms with Crippen LogP contribution in [-0.4, -0.2) is 36.0 Å². The van der Waals surface area contributed by atoms with Gasteiger partial charge in [0.25, 0.3) is 0 Å². The third kappa shape index (κ3) is 7.70. The van der Waals surface area contributed by atoms with Gasteiger partial charge in [0.2, 0.25) is 5.91 Å². The largest absolute Gasteiger partial charge is 0.340 e. The topological polar surface area (TPSA) is 32.3 Å².